The van der Waals surface area contributed by atoms with Gasteiger partial charge in [0.2, 0.25) is 15.9 Å². The van der Waals surface area contributed by atoms with E-state index in [1.807, 2.05) is 6.07 Å². The van der Waals surface area contributed by atoms with Crippen LogP contribution in [0, 0.1) is 0 Å². The maximum atomic E-state index is 12.5. The third kappa shape index (κ3) is 5.80. The molecule has 0 bridgehead atoms. The number of esters is 1. The first-order chi connectivity index (χ1) is 13.2. The van der Waals surface area contributed by atoms with E-state index in [4.69, 9.17) is 4.74 Å². The molecule has 0 heterocycles. The van der Waals surface area contributed by atoms with E-state index >= 15 is 0 Å². The second-order valence-electron chi connectivity index (χ2n) is 5.97. The number of nitrogens with one attached hydrogen (secondary N) is 1. The Bertz CT molecular complexity index is 944. The molecular formula is C19H22N2O6S. The van der Waals surface area contributed by atoms with E-state index in [9.17, 15) is 18.0 Å². The van der Waals surface area contributed by atoms with Gasteiger partial charge in [-0.3, -0.25) is 4.79 Å². The number of benzene rings is 2. The maximum Gasteiger partial charge on any atom is 0.337 e. The summed E-state index contributed by atoms with van der Waals surface area (Å²) in [4.78, 5) is 24.2. The highest BCUT2D eigenvalue weighted by atomic mass is 32.2. The summed E-state index contributed by atoms with van der Waals surface area (Å²) in [6.07, 6.45) is 1.04. The number of ether oxygens (including phenoxy) is 2. The molecular weight excluding hydrogens is 384 g/mol. The first-order valence-electron chi connectivity index (χ1n) is 8.30. The molecule has 0 unspecified atom stereocenters. The average molecular weight is 406 g/mol. The van der Waals surface area contributed by atoms with Crippen molar-refractivity contribution in [2.45, 2.75) is 6.54 Å². The summed E-state index contributed by atoms with van der Waals surface area (Å²) in [5.41, 5.74) is 1.22. The lowest BCUT2D eigenvalue weighted by Crippen LogP contribution is -2.37. The lowest BCUT2D eigenvalue weighted by atomic mass is 10.2. The summed E-state index contributed by atoms with van der Waals surface area (Å²) in [6, 6.07) is 13.4. The van der Waals surface area contributed by atoms with Crippen molar-refractivity contribution in [1.29, 1.82) is 0 Å². The van der Waals surface area contributed by atoms with Gasteiger partial charge < -0.3 is 14.8 Å². The van der Waals surface area contributed by atoms with Crippen molar-refractivity contribution >= 4 is 27.6 Å². The van der Waals surface area contributed by atoms with Gasteiger partial charge >= 0.3 is 5.97 Å². The Morgan fingerprint density at radius 1 is 1.07 bits per heavy atom. The molecule has 9 heteroatoms. The normalized spacial score (nSPS) is 11.1. The largest absolute Gasteiger partial charge is 0.495 e. The minimum absolute atomic E-state index is 0.0619. The minimum atomic E-state index is -3.62. The first-order valence-corrected chi connectivity index (χ1v) is 10.1. The van der Waals surface area contributed by atoms with Gasteiger partial charge in [-0.2, -0.15) is 4.31 Å². The molecule has 0 aliphatic carbocycles. The van der Waals surface area contributed by atoms with Crippen LogP contribution in [-0.2, 0) is 26.1 Å². The van der Waals surface area contributed by atoms with Gasteiger partial charge in [-0.15, -0.1) is 0 Å². The Morgan fingerprint density at radius 3 is 2.32 bits per heavy atom. The van der Waals surface area contributed by atoms with E-state index in [1.165, 1.54) is 32.4 Å². The molecule has 0 spiro atoms. The monoisotopic (exact) mass is 406 g/mol. The quantitative estimate of drug-likeness (QED) is 0.672. The number of sulfonamides is 1. The van der Waals surface area contributed by atoms with Crippen molar-refractivity contribution in [1.82, 2.24) is 4.31 Å². The van der Waals surface area contributed by atoms with Gasteiger partial charge in [0.15, 0.2) is 0 Å². The highest BCUT2D eigenvalue weighted by Gasteiger charge is 2.21. The minimum Gasteiger partial charge on any atom is -0.495 e. The first kappa shape index (κ1) is 21.4. The fraction of sp³-hybridized carbons (Fsp3) is 0.263. The van der Waals surface area contributed by atoms with Crippen LogP contribution >= 0.6 is 0 Å². The van der Waals surface area contributed by atoms with Gasteiger partial charge in [-0.05, 0) is 23.8 Å². The Balaban J connectivity index is 2.19. The number of anilines is 1. The lowest BCUT2D eigenvalue weighted by molar-refractivity contribution is -0.116. The number of amides is 1. The van der Waals surface area contributed by atoms with E-state index in [2.05, 4.69) is 10.1 Å². The molecule has 2 aromatic carbocycles. The standard InChI is InChI=1S/C19H22N2O6S/c1-26-17-10-9-15(19(23)27-2)11-16(17)20-18(22)13-21(28(3,24)25)12-14-7-5-4-6-8-14/h4-11H,12-13H2,1-3H3,(H,20,22). The number of rotatable bonds is 8. The van der Waals surface area contributed by atoms with Crippen LogP contribution in [-0.4, -0.2) is 51.6 Å². The van der Waals surface area contributed by atoms with Crippen LogP contribution in [0.4, 0.5) is 5.69 Å². The third-order valence-electron chi connectivity index (χ3n) is 3.89. The fourth-order valence-corrected chi connectivity index (χ4v) is 3.21. The summed E-state index contributed by atoms with van der Waals surface area (Å²) in [5, 5.41) is 2.59. The van der Waals surface area contributed by atoms with Crippen LogP contribution in [0.15, 0.2) is 48.5 Å². The highest BCUT2D eigenvalue weighted by molar-refractivity contribution is 7.88. The Morgan fingerprint density at radius 2 is 1.75 bits per heavy atom. The third-order valence-corrected chi connectivity index (χ3v) is 5.08. The van der Waals surface area contributed by atoms with E-state index in [0.717, 1.165) is 16.1 Å². The zero-order valence-electron chi connectivity index (χ0n) is 15.8. The van der Waals surface area contributed by atoms with Crippen molar-refractivity contribution in [2.24, 2.45) is 0 Å². The van der Waals surface area contributed by atoms with Crippen LogP contribution in [0.5, 0.6) is 5.75 Å². The number of methoxy groups -OCH3 is 2. The molecule has 2 rings (SSSR count). The second kappa shape index (κ2) is 9.34. The van der Waals surface area contributed by atoms with Crippen LogP contribution in [0.25, 0.3) is 0 Å². The summed E-state index contributed by atoms with van der Waals surface area (Å²) < 4.78 is 35.1. The average Bonchev–Trinajstić information content (AvgIpc) is 2.66. The summed E-state index contributed by atoms with van der Waals surface area (Å²) in [6.45, 7) is -0.328. The zero-order chi connectivity index (χ0) is 20.7. The molecule has 1 N–H and O–H groups in total. The molecule has 28 heavy (non-hydrogen) atoms. The fourth-order valence-electron chi connectivity index (χ4n) is 2.48. The SMILES string of the molecule is COC(=O)c1ccc(OC)c(NC(=O)CN(Cc2ccccc2)S(C)(=O)=O)c1. The maximum absolute atomic E-state index is 12.5. The van der Waals surface area contributed by atoms with Crippen LogP contribution in [0.3, 0.4) is 0 Å². The topological polar surface area (TPSA) is 102 Å². The smallest absolute Gasteiger partial charge is 0.337 e. The number of hydrogen-bond donors (Lipinski definition) is 1. The van der Waals surface area contributed by atoms with Gasteiger partial charge in [0, 0.05) is 6.54 Å². The predicted octanol–water partition coefficient (Wildman–Crippen LogP) is 1.88. The van der Waals surface area contributed by atoms with Gasteiger partial charge in [0.25, 0.3) is 0 Å². The summed E-state index contributed by atoms with van der Waals surface area (Å²) in [5.74, 6) is -0.809. The highest BCUT2D eigenvalue weighted by Crippen LogP contribution is 2.26. The Hall–Kier alpha value is -2.91. The van der Waals surface area contributed by atoms with E-state index < -0.39 is 21.9 Å². The van der Waals surface area contributed by atoms with Crippen molar-refractivity contribution in [3.63, 3.8) is 0 Å². The molecule has 1 amide bonds. The summed E-state index contributed by atoms with van der Waals surface area (Å²) >= 11 is 0. The molecule has 0 radical (unpaired) electrons. The number of nitrogens with zero attached hydrogens (tertiary/aromatic N) is 1. The summed E-state index contributed by atoms with van der Waals surface area (Å²) in [7, 11) is -0.958. The van der Waals surface area contributed by atoms with Crippen LogP contribution < -0.4 is 10.1 Å². The second-order valence-corrected chi connectivity index (χ2v) is 7.95. The lowest BCUT2D eigenvalue weighted by Gasteiger charge is -2.20. The van der Waals surface area contributed by atoms with E-state index in [1.54, 1.807) is 24.3 Å². The molecule has 0 fully saturated rings. The molecule has 0 saturated carbocycles. The molecule has 0 saturated heterocycles. The number of carbonyl (C=O) groups excluding carboxylic acids is 2. The molecule has 0 atom stereocenters. The molecule has 0 aromatic heterocycles. The molecule has 8 nitrogen and oxygen atoms in total. The van der Waals surface area contributed by atoms with E-state index in [-0.39, 0.29) is 24.3 Å². The predicted molar refractivity (Wildman–Crippen MR) is 105 cm³/mol. The van der Waals surface area contributed by atoms with Crippen molar-refractivity contribution in [3.05, 3.63) is 59.7 Å². The van der Waals surface area contributed by atoms with Gasteiger partial charge in [0.1, 0.15) is 5.75 Å². The van der Waals surface area contributed by atoms with Crippen LogP contribution in [0.2, 0.25) is 0 Å². The Labute approximate surface area is 164 Å². The van der Waals surface area contributed by atoms with E-state index in [0.29, 0.717) is 5.75 Å². The number of hydrogen-bond acceptors (Lipinski definition) is 6. The zero-order valence-corrected chi connectivity index (χ0v) is 16.7. The number of carbonyl (C=O) groups is 2. The molecule has 150 valence electrons. The molecule has 2 aromatic rings. The van der Waals surface area contributed by atoms with Gasteiger partial charge in [0.05, 0.1) is 38.3 Å². The van der Waals surface area contributed by atoms with Crippen molar-refractivity contribution < 1.29 is 27.5 Å². The van der Waals surface area contributed by atoms with Crippen molar-refractivity contribution in [2.75, 3.05) is 32.3 Å². The van der Waals surface area contributed by atoms with Crippen LogP contribution in [0.1, 0.15) is 15.9 Å². The molecule has 0 aliphatic heterocycles. The van der Waals surface area contributed by atoms with Gasteiger partial charge in [-0.25, -0.2) is 13.2 Å². The molecule has 0 aliphatic rings. The van der Waals surface area contributed by atoms with Crippen molar-refractivity contribution in [3.8, 4) is 5.75 Å². The van der Waals surface area contributed by atoms with Gasteiger partial charge in [-0.1, -0.05) is 30.3 Å². The Kier molecular flexibility index (Phi) is 7.13.